The Bertz CT molecular complexity index is 1250. The lowest BCUT2D eigenvalue weighted by molar-refractivity contribution is -0.154. The van der Waals surface area contributed by atoms with Gasteiger partial charge in [-0.05, 0) is 51.5 Å². The number of nitrogens with zero attached hydrogens (tertiary/aromatic N) is 3. The molecule has 2 unspecified atom stereocenters. The Hall–Kier alpha value is -3.88. The van der Waals surface area contributed by atoms with Gasteiger partial charge in [0.15, 0.2) is 6.10 Å². The van der Waals surface area contributed by atoms with Crippen molar-refractivity contribution in [2.45, 2.75) is 39.8 Å². The number of benzene rings is 2. The standard InChI is InChI=1S/C23H20FN3O5/c1-11-5-8-16-17(9-11)22(29)27(21(16)28)13(3)23(30)31-14(4)20-25-19(26-32-20)15-7-6-12(2)18(24)10-15/h5-10,13-14H,1-4H3. The smallest absolute Gasteiger partial charge is 0.329 e. The molecule has 0 bridgehead atoms. The SMILES string of the molecule is Cc1ccc2c(c1)C(=O)N(C(C)C(=O)OC(C)c1nc(-c3ccc(C)c(F)c3)no1)C2=O. The number of ether oxygens (including phenoxy) is 1. The van der Waals surface area contributed by atoms with Gasteiger partial charge < -0.3 is 9.26 Å². The van der Waals surface area contributed by atoms with Crippen molar-refractivity contribution >= 4 is 17.8 Å². The molecular weight excluding hydrogens is 417 g/mol. The Morgan fingerprint density at radius 1 is 1.06 bits per heavy atom. The summed E-state index contributed by atoms with van der Waals surface area (Å²) in [6, 6.07) is 8.28. The summed E-state index contributed by atoms with van der Waals surface area (Å²) in [5, 5.41) is 3.80. The number of rotatable bonds is 5. The van der Waals surface area contributed by atoms with Crippen LogP contribution in [-0.4, -0.2) is 38.9 Å². The highest BCUT2D eigenvalue weighted by molar-refractivity contribution is 6.22. The van der Waals surface area contributed by atoms with E-state index in [4.69, 9.17) is 9.26 Å². The highest BCUT2D eigenvalue weighted by Gasteiger charge is 2.42. The normalized spacial score (nSPS) is 15.0. The summed E-state index contributed by atoms with van der Waals surface area (Å²) in [5.74, 6) is -2.16. The van der Waals surface area contributed by atoms with E-state index in [9.17, 15) is 18.8 Å². The Kier molecular flexibility index (Phi) is 5.33. The summed E-state index contributed by atoms with van der Waals surface area (Å²) in [5.41, 5.74) is 2.24. The third-order valence-electron chi connectivity index (χ3n) is 5.31. The van der Waals surface area contributed by atoms with Gasteiger partial charge in [0, 0.05) is 5.56 Å². The monoisotopic (exact) mass is 437 g/mol. The van der Waals surface area contributed by atoms with E-state index in [2.05, 4.69) is 10.1 Å². The third-order valence-corrected chi connectivity index (χ3v) is 5.31. The second-order valence-corrected chi connectivity index (χ2v) is 7.70. The molecule has 1 aliphatic heterocycles. The fourth-order valence-corrected chi connectivity index (χ4v) is 3.40. The predicted octanol–water partition coefficient (Wildman–Crippen LogP) is 3.78. The van der Waals surface area contributed by atoms with Crippen molar-refractivity contribution in [1.82, 2.24) is 15.0 Å². The van der Waals surface area contributed by atoms with Crippen LogP contribution >= 0.6 is 0 Å². The van der Waals surface area contributed by atoms with Gasteiger partial charge in [-0.2, -0.15) is 4.98 Å². The Morgan fingerprint density at radius 2 is 1.78 bits per heavy atom. The number of esters is 1. The van der Waals surface area contributed by atoms with Crippen molar-refractivity contribution in [3.63, 3.8) is 0 Å². The highest BCUT2D eigenvalue weighted by atomic mass is 19.1. The van der Waals surface area contributed by atoms with Gasteiger partial charge in [0.25, 0.3) is 17.7 Å². The van der Waals surface area contributed by atoms with Gasteiger partial charge in [0.05, 0.1) is 11.1 Å². The first kappa shape index (κ1) is 21.4. The number of fused-ring (bicyclic) bond motifs is 1. The molecule has 8 nitrogen and oxygen atoms in total. The lowest BCUT2D eigenvalue weighted by atomic mass is 10.1. The summed E-state index contributed by atoms with van der Waals surface area (Å²) in [6.07, 6.45) is -0.945. The summed E-state index contributed by atoms with van der Waals surface area (Å²) < 4.78 is 24.3. The molecule has 2 aromatic carbocycles. The van der Waals surface area contributed by atoms with Crippen LogP contribution < -0.4 is 0 Å². The minimum Gasteiger partial charge on any atom is -0.451 e. The van der Waals surface area contributed by atoms with Crippen molar-refractivity contribution in [1.29, 1.82) is 0 Å². The van der Waals surface area contributed by atoms with Crippen molar-refractivity contribution in [2.75, 3.05) is 0 Å². The van der Waals surface area contributed by atoms with Gasteiger partial charge >= 0.3 is 5.97 Å². The zero-order valence-electron chi connectivity index (χ0n) is 17.9. The molecule has 3 aromatic rings. The van der Waals surface area contributed by atoms with E-state index >= 15 is 0 Å². The van der Waals surface area contributed by atoms with Gasteiger partial charge in [-0.25, -0.2) is 9.18 Å². The van der Waals surface area contributed by atoms with Crippen LogP contribution in [0.1, 0.15) is 57.7 Å². The second-order valence-electron chi connectivity index (χ2n) is 7.70. The quantitative estimate of drug-likeness (QED) is 0.442. The minimum absolute atomic E-state index is 0.000445. The van der Waals surface area contributed by atoms with Crippen molar-refractivity contribution < 1.29 is 28.0 Å². The lowest BCUT2D eigenvalue weighted by Gasteiger charge is -2.22. The lowest BCUT2D eigenvalue weighted by Crippen LogP contribution is -2.43. The van der Waals surface area contributed by atoms with E-state index in [1.54, 1.807) is 37.3 Å². The molecule has 0 saturated carbocycles. The molecule has 0 fully saturated rings. The molecular formula is C23H20FN3O5. The fourth-order valence-electron chi connectivity index (χ4n) is 3.40. The summed E-state index contributed by atoms with van der Waals surface area (Å²) in [6.45, 7) is 6.38. The number of imide groups is 1. The molecule has 0 aliphatic carbocycles. The van der Waals surface area contributed by atoms with Crippen LogP contribution in [0.25, 0.3) is 11.4 Å². The maximum Gasteiger partial charge on any atom is 0.329 e. The van der Waals surface area contributed by atoms with Crippen LogP contribution in [0.3, 0.4) is 0 Å². The number of hydrogen-bond acceptors (Lipinski definition) is 7. The van der Waals surface area contributed by atoms with Crippen LogP contribution in [0.5, 0.6) is 0 Å². The van der Waals surface area contributed by atoms with Gasteiger partial charge in [-0.1, -0.05) is 28.9 Å². The largest absolute Gasteiger partial charge is 0.451 e. The molecule has 4 rings (SSSR count). The summed E-state index contributed by atoms with van der Waals surface area (Å²) in [7, 11) is 0. The first-order valence-electron chi connectivity index (χ1n) is 9.96. The van der Waals surface area contributed by atoms with Gasteiger partial charge in [-0.15, -0.1) is 0 Å². The van der Waals surface area contributed by atoms with Crippen LogP contribution in [0, 0.1) is 19.7 Å². The highest BCUT2D eigenvalue weighted by Crippen LogP contribution is 2.27. The van der Waals surface area contributed by atoms with Crippen molar-refractivity contribution in [2.24, 2.45) is 0 Å². The number of carbonyl (C=O) groups is 3. The number of halogens is 1. The van der Waals surface area contributed by atoms with Crippen molar-refractivity contribution in [3.05, 3.63) is 70.4 Å². The first-order valence-corrected chi connectivity index (χ1v) is 9.96. The first-order chi connectivity index (χ1) is 15.2. The number of hydrogen-bond donors (Lipinski definition) is 0. The topological polar surface area (TPSA) is 103 Å². The average Bonchev–Trinajstić information content (AvgIpc) is 3.33. The van der Waals surface area contributed by atoms with Crippen LogP contribution in [0.2, 0.25) is 0 Å². The molecule has 1 aromatic heterocycles. The molecule has 2 amide bonds. The van der Waals surface area contributed by atoms with E-state index in [1.807, 2.05) is 6.92 Å². The Balaban J connectivity index is 1.47. The van der Waals surface area contributed by atoms with Gasteiger partial charge in [0.1, 0.15) is 11.9 Å². The predicted molar refractivity (Wildman–Crippen MR) is 110 cm³/mol. The molecule has 0 radical (unpaired) electrons. The number of aromatic nitrogens is 2. The van der Waals surface area contributed by atoms with Crippen LogP contribution in [0.15, 0.2) is 40.9 Å². The second kappa shape index (κ2) is 7.99. The maximum absolute atomic E-state index is 13.8. The van der Waals surface area contributed by atoms with E-state index in [0.29, 0.717) is 11.1 Å². The van der Waals surface area contributed by atoms with Crippen molar-refractivity contribution in [3.8, 4) is 11.4 Å². The zero-order chi connectivity index (χ0) is 23.2. The fraction of sp³-hybridized carbons (Fsp3) is 0.261. The van der Waals surface area contributed by atoms with E-state index in [0.717, 1.165) is 10.5 Å². The molecule has 0 spiro atoms. The van der Waals surface area contributed by atoms with Gasteiger partial charge in [-0.3, -0.25) is 14.5 Å². The Labute approximate surface area is 183 Å². The van der Waals surface area contributed by atoms with E-state index in [-0.39, 0.29) is 22.8 Å². The number of aryl methyl sites for hydroxylation is 2. The van der Waals surface area contributed by atoms with E-state index in [1.165, 1.54) is 19.9 Å². The Morgan fingerprint density at radius 3 is 2.50 bits per heavy atom. The molecule has 1 aliphatic rings. The summed E-state index contributed by atoms with van der Waals surface area (Å²) >= 11 is 0. The van der Waals surface area contributed by atoms with E-state index < -0.39 is 35.7 Å². The third kappa shape index (κ3) is 3.66. The molecule has 2 heterocycles. The maximum atomic E-state index is 13.8. The van der Waals surface area contributed by atoms with Crippen LogP contribution in [0.4, 0.5) is 4.39 Å². The zero-order valence-corrected chi connectivity index (χ0v) is 17.9. The minimum atomic E-state index is -1.15. The molecule has 0 N–H and O–H groups in total. The molecule has 9 heteroatoms. The van der Waals surface area contributed by atoms with Gasteiger partial charge in [0.2, 0.25) is 5.82 Å². The molecule has 2 atom stereocenters. The van der Waals surface area contributed by atoms with Crippen LogP contribution in [-0.2, 0) is 9.53 Å². The molecule has 164 valence electrons. The average molecular weight is 437 g/mol. The number of amides is 2. The summed E-state index contributed by atoms with van der Waals surface area (Å²) in [4.78, 5) is 43.1. The molecule has 0 saturated heterocycles. The number of carbonyl (C=O) groups excluding carboxylic acids is 3. The molecule has 32 heavy (non-hydrogen) atoms.